The van der Waals surface area contributed by atoms with E-state index in [-0.39, 0.29) is 34.5 Å². The van der Waals surface area contributed by atoms with Gasteiger partial charge in [-0.1, -0.05) is 46.3 Å². The maximum atomic E-state index is 12.3. The lowest BCUT2D eigenvalue weighted by molar-refractivity contribution is -0.344. The van der Waals surface area contributed by atoms with Gasteiger partial charge in [0.2, 0.25) is 0 Å². The molecule has 7 N–H and O–H groups in total. The molecule has 5 rings (SSSR count). The summed E-state index contributed by atoms with van der Waals surface area (Å²) in [4.78, 5) is 0. The molecule has 4 saturated carbocycles. The standard InChI is InChI=1S/C36H62O9/c1-19(2)10-9-12-36(8,45-31-28(43)27(42)26(41)24(18-37)44-31)35(7)15-14-34(6)21-16-22(38)29-32(3,4)25(40)11-13-33(29,5)20(21)17-23(39)30(34)35/h10,20-31,37-43H,9,11-18H2,1-8H3. The highest BCUT2D eigenvalue weighted by Gasteiger charge is 2.72. The predicted molar refractivity (Wildman–Crippen MR) is 170 cm³/mol. The Morgan fingerprint density at radius 3 is 1.98 bits per heavy atom. The van der Waals surface area contributed by atoms with Crippen molar-refractivity contribution >= 4 is 0 Å². The molecule has 1 heterocycles. The molecule has 16 atom stereocenters. The molecule has 0 amide bonds. The van der Waals surface area contributed by atoms with E-state index >= 15 is 0 Å². The topological polar surface area (TPSA) is 160 Å². The number of aliphatic hydroxyl groups excluding tert-OH is 7. The zero-order chi connectivity index (χ0) is 33.5. The first kappa shape index (κ1) is 35.7. The Hall–Kier alpha value is -0.620. The normalized spacial score (nSPS) is 52.2. The van der Waals surface area contributed by atoms with Crippen LogP contribution >= 0.6 is 0 Å². The highest BCUT2D eigenvalue weighted by atomic mass is 16.7. The molecule has 9 heteroatoms. The zero-order valence-electron chi connectivity index (χ0n) is 28.8. The van der Waals surface area contributed by atoms with Crippen molar-refractivity contribution in [2.24, 2.45) is 45.3 Å². The van der Waals surface area contributed by atoms with Gasteiger partial charge in [0.05, 0.1) is 30.5 Å². The van der Waals surface area contributed by atoms with Gasteiger partial charge in [0.1, 0.15) is 24.4 Å². The Kier molecular flexibility index (Phi) is 9.56. The number of fused-ring (bicyclic) bond motifs is 5. The summed E-state index contributed by atoms with van der Waals surface area (Å²) in [5.74, 6) is 0.172. The van der Waals surface area contributed by atoms with Crippen molar-refractivity contribution < 1.29 is 45.2 Å². The van der Waals surface area contributed by atoms with Crippen molar-refractivity contribution in [2.45, 2.75) is 161 Å². The van der Waals surface area contributed by atoms with Gasteiger partial charge in [-0.2, -0.15) is 0 Å². The minimum atomic E-state index is -1.54. The molecule has 0 spiro atoms. The monoisotopic (exact) mass is 638 g/mol. The Labute approximate surface area is 270 Å². The fourth-order valence-electron chi connectivity index (χ4n) is 11.9. The summed E-state index contributed by atoms with van der Waals surface area (Å²) in [5.41, 5.74) is -1.23. The van der Waals surface area contributed by atoms with Gasteiger partial charge < -0.3 is 45.2 Å². The first-order valence-corrected chi connectivity index (χ1v) is 17.4. The fourth-order valence-corrected chi connectivity index (χ4v) is 11.9. The van der Waals surface area contributed by atoms with E-state index in [0.29, 0.717) is 32.1 Å². The van der Waals surface area contributed by atoms with Crippen molar-refractivity contribution in [3.8, 4) is 0 Å². The molecule has 45 heavy (non-hydrogen) atoms. The molecule has 0 aromatic carbocycles. The number of rotatable bonds is 7. The molecule has 0 aromatic rings. The van der Waals surface area contributed by atoms with E-state index < -0.39 is 72.1 Å². The maximum absolute atomic E-state index is 12.3. The molecule has 1 saturated heterocycles. The van der Waals surface area contributed by atoms with Gasteiger partial charge in [0.25, 0.3) is 0 Å². The van der Waals surface area contributed by atoms with Crippen molar-refractivity contribution in [1.29, 1.82) is 0 Å². The van der Waals surface area contributed by atoms with E-state index in [1.165, 1.54) is 5.57 Å². The van der Waals surface area contributed by atoms with E-state index in [9.17, 15) is 35.7 Å². The minimum Gasteiger partial charge on any atom is -0.394 e. The number of aliphatic hydroxyl groups is 7. The second-order valence-electron chi connectivity index (χ2n) is 17.4. The van der Waals surface area contributed by atoms with Gasteiger partial charge in [-0.05, 0) is 112 Å². The Bertz CT molecular complexity index is 1110. The number of hydrogen-bond acceptors (Lipinski definition) is 9. The summed E-state index contributed by atoms with van der Waals surface area (Å²) in [6.07, 6.45) is -0.693. The summed E-state index contributed by atoms with van der Waals surface area (Å²) >= 11 is 0. The van der Waals surface area contributed by atoms with E-state index in [4.69, 9.17) is 9.47 Å². The zero-order valence-corrected chi connectivity index (χ0v) is 28.8. The molecule has 0 aromatic heterocycles. The quantitative estimate of drug-likeness (QED) is 0.208. The molecule has 0 bridgehead atoms. The van der Waals surface area contributed by atoms with Crippen LogP contribution < -0.4 is 0 Å². The molecule has 5 aliphatic rings. The van der Waals surface area contributed by atoms with Crippen molar-refractivity contribution in [1.82, 2.24) is 0 Å². The second-order valence-corrected chi connectivity index (χ2v) is 17.4. The fraction of sp³-hybridized carbons (Fsp3) is 0.944. The van der Waals surface area contributed by atoms with E-state index in [1.54, 1.807) is 0 Å². The molecule has 260 valence electrons. The number of hydrogen-bond donors (Lipinski definition) is 7. The van der Waals surface area contributed by atoms with Crippen LogP contribution in [0.3, 0.4) is 0 Å². The lowest BCUT2D eigenvalue weighted by Gasteiger charge is -2.68. The van der Waals surface area contributed by atoms with Crippen molar-refractivity contribution in [3.63, 3.8) is 0 Å². The molecule has 16 unspecified atom stereocenters. The summed E-state index contributed by atoms with van der Waals surface area (Å²) in [7, 11) is 0. The lowest BCUT2D eigenvalue weighted by Crippen LogP contribution is -2.67. The average molecular weight is 639 g/mol. The third-order valence-corrected chi connectivity index (χ3v) is 14.5. The van der Waals surface area contributed by atoms with Crippen LogP contribution in [0.25, 0.3) is 0 Å². The predicted octanol–water partition coefficient (Wildman–Crippen LogP) is 3.30. The summed E-state index contributed by atoms with van der Waals surface area (Å²) < 4.78 is 12.7. The molecular weight excluding hydrogens is 576 g/mol. The Morgan fingerprint density at radius 2 is 1.40 bits per heavy atom. The summed E-state index contributed by atoms with van der Waals surface area (Å²) in [5, 5.41) is 77.0. The molecule has 4 aliphatic carbocycles. The summed E-state index contributed by atoms with van der Waals surface area (Å²) in [6.45, 7) is 16.5. The Morgan fingerprint density at radius 1 is 0.822 bits per heavy atom. The average Bonchev–Trinajstić information content (AvgIpc) is 3.25. The van der Waals surface area contributed by atoms with Gasteiger partial charge in [-0.25, -0.2) is 0 Å². The highest BCUT2D eigenvalue weighted by Crippen LogP contribution is 2.74. The SMILES string of the molecule is CC(C)=CCCC(C)(OC1OC(CO)C(O)C(O)C1O)C1(C)CCC2(C)C3CC(O)C4C(C)(C)C(O)CCC4(C)C3CC(O)C21. The number of ether oxygens (including phenoxy) is 2. The second kappa shape index (κ2) is 12.1. The van der Waals surface area contributed by atoms with Crippen molar-refractivity contribution in [3.05, 3.63) is 11.6 Å². The van der Waals surface area contributed by atoms with E-state index in [2.05, 4.69) is 40.7 Å². The van der Waals surface area contributed by atoms with Crippen LogP contribution in [0.15, 0.2) is 11.6 Å². The van der Waals surface area contributed by atoms with Crippen LogP contribution in [-0.4, -0.2) is 97.0 Å². The molecule has 5 fully saturated rings. The molecular formula is C36H62O9. The van der Waals surface area contributed by atoms with Gasteiger partial charge in [-0.3, -0.25) is 0 Å². The van der Waals surface area contributed by atoms with Gasteiger partial charge in [0.15, 0.2) is 6.29 Å². The lowest BCUT2D eigenvalue weighted by atomic mass is 9.38. The highest BCUT2D eigenvalue weighted by molar-refractivity contribution is 5.20. The molecule has 9 nitrogen and oxygen atoms in total. The maximum Gasteiger partial charge on any atom is 0.187 e. The van der Waals surface area contributed by atoms with Crippen LogP contribution in [0.5, 0.6) is 0 Å². The van der Waals surface area contributed by atoms with Crippen LogP contribution in [0.2, 0.25) is 0 Å². The first-order chi connectivity index (χ1) is 20.8. The van der Waals surface area contributed by atoms with E-state index in [0.717, 1.165) is 19.3 Å². The third kappa shape index (κ3) is 5.39. The number of allylic oxidation sites excluding steroid dienone is 2. The van der Waals surface area contributed by atoms with Crippen LogP contribution in [0, 0.1) is 45.3 Å². The van der Waals surface area contributed by atoms with Crippen LogP contribution in [0.4, 0.5) is 0 Å². The molecule has 1 aliphatic heterocycles. The van der Waals surface area contributed by atoms with Gasteiger partial charge >= 0.3 is 0 Å². The Balaban J connectivity index is 1.51. The van der Waals surface area contributed by atoms with Gasteiger partial charge in [-0.15, -0.1) is 0 Å². The van der Waals surface area contributed by atoms with Crippen LogP contribution in [-0.2, 0) is 9.47 Å². The van der Waals surface area contributed by atoms with Crippen LogP contribution in [0.1, 0.15) is 107 Å². The first-order valence-electron chi connectivity index (χ1n) is 17.4. The minimum absolute atomic E-state index is 0.0565. The third-order valence-electron chi connectivity index (χ3n) is 14.5. The van der Waals surface area contributed by atoms with E-state index in [1.807, 2.05) is 20.8 Å². The molecule has 0 radical (unpaired) electrons. The smallest absolute Gasteiger partial charge is 0.187 e. The largest absolute Gasteiger partial charge is 0.394 e. The van der Waals surface area contributed by atoms with Crippen molar-refractivity contribution in [2.75, 3.05) is 6.61 Å². The summed E-state index contributed by atoms with van der Waals surface area (Å²) in [6, 6.07) is 0. The van der Waals surface area contributed by atoms with Gasteiger partial charge in [0, 0.05) is 5.41 Å².